The van der Waals surface area contributed by atoms with E-state index in [-0.39, 0.29) is 18.1 Å². The Morgan fingerprint density at radius 1 is 1.47 bits per heavy atom. The molecule has 0 aliphatic rings. The van der Waals surface area contributed by atoms with E-state index in [4.69, 9.17) is 5.73 Å². The second kappa shape index (κ2) is 8.68. The molecule has 0 heterocycles. The van der Waals surface area contributed by atoms with Gasteiger partial charge in [0.2, 0.25) is 5.91 Å². The molecule has 4 N–H and O–H groups in total. The highest BCUT2D eigenvalue weighted by Gasteiger charge is 2.04. The van der Waals surface area contributed by atoms with Crippen molar-refractivity contribution in [3.8, 4) is 0 Å². The molecule has 0 aromatic carbocycles. The van der Waals surface area contributed by atoms with Crippen molar-refractivity contribution in [3.05, 3.63) is 0 Å². The minimum atomic E-state index is -0.297. The van der Waals surface area contributed by atoms with Gasteiger partial charge in [-0.3, -0.25) is 4.79 Å². The van der Waals surface area contributed by atoms with Crippen LogP contribution >= 0.6 is 0 Å². The number of aliphatic hydroxyl groups excluding tert-OH is 1. The Labute approximate surface area is 92.2 Å². The molecule has 0 radical (unpaired) electrons. The number of rotatable bonds is 8. The molecule has 0 saturated carbocycles. The van der Waals surface area contributed by atoms with Gasteiger partial charge in [-0.25, -0.2) is 0 Å². The minimum absolute atomic E-state index is 0.0546. The summed E-state index contributed by atoms with van der Waals surface area (Å²) in [5.74, 6) is 0.0546. The van der Waals surface area contributed by atoms with Crippen LogP contribution in [0.2, 0.25) is 0 Å². The number of amides is 1. The van der Waals surface area contributed by atoms with Crippen molar-refractivity contribution >= 4 is 5.91 Å². The van der Waals surface area contributed by atoms with E-state index < -0.39 is 0 Å². The predicted molar refractivity (Wildman–Crippen MR) is 61.4 cm³/mol. The minimum Gasteiger partial charge on any atom is -0.393 e. The number of nitrogens with one attached hydrogen (secondary N) is 1. The summed E-state index contributed by atoms with van der Waals surface area (Å²) in [6, 6.07) is 0.166. The van der Waals surface area contributed by atoms with Crippen molar-refractivity contribution in [2.24, 2.45) is 5.73 Å². The van der Waals surface area contributed by atoms with Crippen LogP contribution in [0, 0.1) is 0 Å². The summed E-state index contributed by atoms with van der Waals surface area (Å²) in [5.41, 5.74) is 5.57. The zero-order chi connectivity index (χ0) is 11.7. The highest BCUT2D eigenvalue weighted by molar-refractivity contribution is 5.75. The summed E-state index contributed by atoms with van der Waals surface area (Å²) in [6.07, 6.45) is 3.32. The van der Waals surface area contributed by atoms with Gasteiger partial charge in [-0.15, -0.1) is 0 Å². The van der Waals surface area contributed by atoms with Crippen LogP contribution in [0.3, 0.4) is 0 Å². The highest BCUT2D eigenvalue weighted by atomic mass is 16.3. The lowest BCUT2D eigenvalue weighted by Gasteiger charge is -2.09. The first-order valence-corrected chi connectivity index (χ1v) is 5.76. The zero-order valence-electron chi connectivity index (χ0n) is 9.83. The maximum atomic E-state index is 11.3. The molecule has 4 heteroatoms. The Balaban J connectivity index is 3.33. The van der Waals surface area contributed by atoms with Crippen LogP contribution in [0.15, 0.2) is 0 Å². The van der Waals surface area contributed by atoms with Crippen LogP contribution < -0.4 is 11.1 Å². The molecule has 2 unspecified atom stereocenters. The van der Waals surface area contributed by atoms with Gasteiger partial charge < -0.3 is 16.2 Å². The van der Waals surface area contributed by atoms with Crippen molar-refractivity contribution < 1.29 is 9.90 Å². The average Bonchev–Trinajstić information content (AvgIpc) is 2.17. The van der Waals surface area contributed by atoms with Crippen molar-refractivity contribution in [1.82, 2.24) is 5.32 Å². The first kappa shape index (κ1) is 14.4. The van der Waals surface area contributed by atoms with Crippen LogP contribution in [-0.2, 0) is 4.79 Å². The van der Waals surface area contributed by atoms with E-state index in [1.54, 1.807) is 0 Å². The van der Waals surface area contributed by atoms with E-state index >= 15 is 0 Å². The average molecular weight is 216 g/mol. The SMILES string of the molecule is CCC(O)CCNC(=O)CCCC(C)N. The molecule has 0 bridgehead atoms. The lowest BCUT2D eigenvalue weighted by Crippen LogP contribution is -2.27. The van der Waals surface area contributed by atoms with Crippen molar-refractivity contribution in [2.45, 2.75) is 58.1 Å². The molecule has 1 amide bonds. The topological polar surface area (TPSA) is 75.3 Å². The number of carbonyl (C=O) groups excluding carboxylic acids is 1. The highest BCUT2D eigenvalue weighted by Crippen LogP contribution is 1.99. The van der Waals surface area contributed by atoms with Gasteiger partial charge in [0.15, 0.2) is 0 Å². The molecule has 0 rings (SSSR count). The normalized spacial score (nSPS) is 14.7. The van der Waals surface area contributed by atoms with E-state index in [2.05, 4.69) is 5.32 Å². The molecule has 0 aromatic rings. The molecular formula is C11H24N2O2. The van der Waals surface area contributed by atoms with E-state index in [1.165, 1.54) is 0 Å². The summed E-state index contributed by atoms with van der Waals surface area (Å²) in [7, 11) is 0. The summed E-state index contributed by atoms with van der Waals surface area (Å²) in [5, 5.41) is 12.0. The van der Waals surface area contributed by atoms with E-state index in [0.717, 1.165) is 19.3 Å². The van der Waals surface area contributed by atoms with Gasteiger partial charge in [0, 0.05) is 19.0 Å². The van der Waals surface area contributed by atoms with Crippen molar-refractivity contribution in [2.75, 3.05) is 6.54 Å². The fourth-order valence-corrected chi connectivity index (χ4v) is 1.26. The van der Waals surface area contributed by atoms with Crippen LogP contribution in [0.1, 0.15) is 46.0 Å². The Morgan fingerprint density at radius 3 is 2.67 bits per heavy atom. The van der Waals surface area contributed by atoms with Gasteiger partial charge in [0.05, 0.1) is 6.10 Å². The maximum absolute atomic E-state index is 11.3. The second-order valence-corrected chi connectivity index (χ2v) is 4.07. The second-order valence-electron chi connectivity index (χ2n) is 4.07. The number of hydrogen-bond donors (Lipinski definition) is 3. The largest absolute Gasteiger partial charge is 0.393 e. The zero-order valence-corrected chi connectivity index (χ0v) is 9.83. The molecule has 90 valence electrons. The van der Waals surface area contributed by atoms with Crippen molar-refractivity contribution in [3.63, 3.8) is 0 Å². The number of carbonyl (C=O) groups is 1. The third-order valence-corrected chi connectivity index (χ3v) is 2.33. The standard InChI is InChI=1S/C11H24N2O2/c1-3-10(14)7-8-13-11(15)6-4-5-9(2)12/h9-10,14H,3-8,12H2,1-2H3,(H,13,15). The van der Waals surface area contributed by atoms with E-state index in [1.807, 2.05) is 13.8 Å². The predicted octanol–water partition coefficient (Wildman–Crippen LogP) is 0.781. The first-order valence-electron chi connectivity index (χ1n) is 5.76. The maximum Gasteiger partial charge on any atom is 0.219 e. The number of nitrogens with two attached hydrogens (primary N) is 1. The van der Waals surface area contributed by atoms with Gasteiger partial charge >= 0.3 is 0 Å². The Bertz CT molecular complexity index is 172. The fraction of sp³-hybridized carbons (Fsp3) is 0.909. The quantitative estimate of drug-likeness (QED) is 0.561. The Kier molecular flexibility index (Phi) is 8.33. The molecule has 0 aliphatic heterocycles. The van der Waals surface area contributed by atoms with E-state index in [0.29, 0.717) is 19.4 Å². The molecule has 4 nitrogen and oxygen atoms in total. The molecule has 0 saturated heterocycles. The number of hydrogen-bond acceptors (Lipinski definition) is 3. The summed E-state index contributed by atoms with van der Waals surface area (Å²) >= 11 is 0. The van der Waals surface area contributed by atoms with E-state index in [9.17, 15) is 9.90 Å². The molecule has 0 fully saturated rings. The third kappa shape index (κ3) is 9.69. The van der Waals surface area contributed by atoms with Crippen LogP contribution in [0.4, 0.5) is 0 Å². The van der Waals surface area contributed by atoms with Crippen molar-refractivity contribution in [1.29, 1.82) is 0 Å². The van der Waals surface area contributed by atoms with Gasteiger partial charge in [-0.2, -0.15) is 0 Å². The van der Waals surface area contributed by atoms with Gasteiger partial charge in [0.25, 0.3) is 0 Å². The number of aliphatic hydroxyl groups is 1. The molecule has 15 heavy (non-hydrogen) atoms. The van der Waals surface area contributed by atoms with Crippen LogP contribution in [0.5, 0.6) is 0 Å². The molecule has 0 aliphatic carbocycles. The molecule has 0 spiro atoms. The van der Waals surface area contributed by atoms with Crippen LogP contribution in [0.25, 0.3) is 0 Å². The Hall–Kier alpha value is -0.610. The fourth-order valence-electron chi connectivity index (χ4n) is 1.26. The lowest BCUT2D eigenvalue weighted by atomic mass is 10.1. The molecule has 0 aromatic heterocycles. The summed E-state index contributed by atoms with van der Waals surface area (Å²) < 4.78 is 0. The molecule has 2 atom stereocenters. The summed E-state index contributed by atoms with van der Waals surface area (Å²) in [6.45, 7) is 4.43. The first-order chi connectivity index (χ1) is 7.06. The monoisotopic (exact) mass is 216 g/mol. The molecular weight excluding hydrogens is 192 g/mol. The smallest absolute Gasteiger partial charge is 0.219 e. The van der Waals surface area contributed by atoms with Gasteiger partial charge in [-0.05, 0) is 32.6 Å². The summed E-state index contributed by atoms with van der Waals surface area (Å²) in [4.78, 5) is 11.3. The lowest BCUT2D eigenvalue weighted by molar-refractivity contribution is -0.121. The van der Waals surface area contributed by atoms with Gasteiger partial charge in [0.1, 0.15) is 0 Å². The third-order valence-electron chi connectivity index (χ3n) is 2.33. The van der Waals surface area contributed by atoms with Gasteiger partial charge in [-0.1, -0.05) is 6.92 Å². The Morgan fingerprint density at radius 2 is 2.13 bits per heavy atom. The van der Waals surface area contributed by atoms with Crippen LogP contribution in [-0.4, -0.2) is 29.7 Å².